The highest BCUT2D eigenvalue weighted by Gasteiger charge is 2.11. The molecule has 1 aromatic heterocycles. The van der Waals surface area contributed by atoms with Crippen molar-refractivity contribution in [2.24, 2.45) is 0 Å². The summed E-state index contributed by atoms with van der Waals surface area (Å²) in [4.78, 5) is 28.9. The number of nitrogens with zero attached hydrogens (tertiary/aromatic N) is 1. The monoisotopic (exact) mass is 461 g/mol. The van der Waals surface area contributed by atoms with Crippen molar-refractivity contribution < 1.29 is 14.3 Å². The minimum absolute atomic E-state index is 0.219. The van der Waals surface area contributed by atoms with Gasteiger partial charge in [0, 0.05) is 11.3 Å². The molecule has 2 N–H and O–H groups in total. The number of benzene rings is 3. The predicted molar refractivity (Wildman–Crippen MR) is 131 cm³/mol. The minimum atomic E-state index is -0.289. The van der Waals surface area contributed by atoms with E-state index < -0.39 is 0 Å². The summed E-state index contributed by atoms with van der Waals surface area (Å²) in [5, 5.41) is 3.30. The standard InChI is InChI=1S/C25H23N3O4S/c1-3-32-20-11-7-18(8-12-20)26-23(29)17-6-13-21-22(14-17)27-25(33)28(24(21)30)15-16-4-9-19(31-2)10-5-16/h4-14H,3,15H2,1-2H3,(H,26,29)(H,27,33). The Morgan fingerprint density at radius 1 is 1.03 bits per heavy atom. The highest BCUT2D eigenvalue weighted by Crippen LogP contribution is 2.18. The van der Waals surface area contributed by atoms with E-state index in [1.54, 1.807) is 49.6 Å². The molecular formula is C25H23N3O4S. The highest BCUT2D eigenvalue weighted by atomic mass is 32.1. The number of hydrogen-bond donors (Lipinski definition) is 2. The molecule has 1 heterocycles. The van der Waals surface area contributed by atoms with E-state index in [4.69, 9.17) is 21.7 Å². The first-order valence-electron chi connectivity index (χ1n) is 10.4. The Bertz CT molecular complexity index is 1410. The summed E-state index contributed by atoms with van der Waals surface area (Å²) in [5.74, 6) is 1.19. The molecule has 4 rings (SSSR count). The SMILES string of the molecule is CCOc1ccc(NC(=O)c2ccc3c(=O)n(Cc4ccc(OC)cc4)c(=S)[nH]c3c2)cc1. The number of hydrogen-bond acceptors (Lipinski definition) is 5. The van der Waals surface area contributed by atoms with Crippen molar-refractivity contribution in [2.75, 3.05) is 19.0 Å². The van der Waals surface area contributed by atoms with Crippen LogP contribution < -0.4 is 20.3 Å². The number of ether oxygens (including phenoxy) is 2. The van der Waals surface area contributed by atoms with Gasteiger partial charge in [-0.15, -0.1) is 0 Å². The fourth-order valence-electron chi connectivity index (χ4n) is 3.46. The summed E-state index contributed by atoms with van der Waals surface area (Å²) in [5.41, 5.74) is 2.27. The number of rotatable bonds is 7. The molecule has 0 saturated carbocycles. The van der Waals surface area contributed by atoms with E-state index in [1.165, 1.54) is 4.57 Å². The Hall–Kier alpha value is -3.91. The molecule has 33 heavy (non-hydrogen) atoms. The number of H-pyrrole nitrogens is 1. The lowest BCUT2D eigenvalue weighted by atomic mass is 10.1. The lowest BCUT2D eigenvalue weighted by Gasteiger charge is -2.10. The van der Waals surface area contributed by atoms with Crippen LogP contribution in [0, 0.1) is 4.77 Å². The highest BCUT2D eigenvalue weighted by molar-refractivity contribution is 7.71. The number of methoxy groups -OCH3 is 1. The van der Waals surface area contributed by atoms with Gasteiger partial charge in [0.15, 0.2) is 4.77 Å². The van der Waals surface area contributed by atoms with Gasteiger partial charge in [-0.05, 0) is 79.3 Å². The smallest absolute Gasteiger partial charge is 0.262 e. The van der Waals surface area contributed by atoms with Crippen LogP contribution in [0.25, 0.3) is 10.9 Å². The third-order valence-electron chi connectivity index (χ3n) is 5.17. The molecule has 7 nitrogen and oxygen atoms in total. The third kappa shape index (κ3) is 4.96. The van der Waals surface area contributed by atoms with Crippen molar-refractivity contribution in [3.63, 3.8) is 0 Å². The molecule has 1 amide bonds. The van der Waals surface area contributed by atoms with Gasteiger partial charge in [-0.1, -0.05) is 12.1 Å². The zero-order chi connectivity index (χ0) is 23.4. The van der Waals surface area contributed by atoms with Gasteiger partial charge in [-0.2, -0.15) is 0 Å². The van der Waals surface area contributed by atoms with E-state index in [9.17, 15) is 9.59 Å². The van der Waals surface area contributed by atoms with E-state index in [0.717, 1.165) is 17.1 Å². The van der Waals surface area contributed by atoms with Crippen LogP contribution in [0.3, 0.4) is 0 Å². The van der Waals surface area contributed by atoms with Crippen LogP contribution in [0.2, 0.25) is 0 Å². The number of aromatic amines is 1. The average molecular weight is 462 g/mol. The van der Waals surface area contributed by atoms with Crippen molar-refractivity contribution in [2.45, 2.75) is 13.5 Å². The maximum absolute atomic E-state index is 13.1. The number of anilines is 1. The summed E-state index contributed by atoms with van der Waals surface area (Å²) in [7, 11) is 1.60. The van der Waals surface area contributed by atoms with Gasteiger partial charge in [0.2, 0.25) is 0 Å². The Morgan fingerprint density at radius 2 is 1.73 bits per heavy atom. The van der Waals surface area contributed by atoms with Gasteiger partial charge in [-0.25, -0.2) is 0 Å². The van der Waals surface area contributed by atoms with Gasteiger partial charge >= 0.3 is 0 Å². The fraction of sp³-hybridized carbons (Fsp3) is 0.160. The third-order valence-corrected chi connectivity index (χ3v) is 5.49. The van der Waals surface area contributed by atoms with Crippen molar-refractivity contribution in [3.8, 4) is 11.5 Å². The van der Waals surface area contributed by atoms with Gasteiger partial charge < -0.3 is 19.8 Å². The maximum Gasteiger partial charge on any atom is 0.262 e. The number of fused-ring (bicyclic) bond motifs is 1. The van der Waals surface area contributed by atoms with E-state index >= 15 is 0 Å². The molecule has 0 radical (unpaired) electrons. The van der Waals surface area contributed by atoms with Crippen molar-refractivity contribution in [1.29, 1.82) is 0 Å². The molecule has 168 valence electrons. The summed E-state index contributed by atoms with van der Waals surface area (Å²) < 4.78 is 12.4. The van der Waals surface area contributed by atoms with Gasteiger partial charge in [0.05, 0.1) is 31.2 Å². The topological polar surface area (TPSA) is 85.3 Å². The Labute approximate surface area is 195 Å². The molecular weight excluding hydrogens is 438 g/mol. The molecule has 0 unspecified atom stereocenters. The number of carbonyl (C=O) groups is 1. The van der Waals surface area contributed by atoms with Gasteiger partial charge in [0.1, 0.15) is 11.5 Å². The lowest BCUT2D eigenvalue weighted by molar-refractivity contribution is 0.102. The normalized spacial score (nSPS) is 10.7. The molecule has 4 aromatic rings. The summed E-state index contributed by atoms with van der Waals surface area (Å²) >= 11 is 5.43. The van der Waals surface area contributed by atoms with Crippen molar-refractivity contribution >= 4 is 34.7 Å². The average Bonchev–Trinajstić information content (AvgIpc) is 2.83. The van der Waals surface area contributed by atoms with Crippen LogP contribution in [0.5, 0.6) is 11.5 Å². The molecule has 0 bridgehead atoms. The number of carbonyl (C=O) groups excluding carboxylic acids is 1. The largest absolute Gasteiger partial charge is 0.497 e. The number of aromatic nitrogens is 2. The minimum Gasteiger partial charge on any atom is -0.497 e. The summed E-state index contributed by atoms with van der Waals surface area (Å²) in [6.07, 6.45) is 0. The quantitative estimate of drug-likeness (QED) is 0.388. The first-order valence-corrected chi connectivity index (χ1v) is 10.8. The zero-order valence-electron chi connectivity index (χ0n) is 18.3. The molecule has 0 spiro atoms. The van der Waals surface area contributed by atoms with Crippen LogP contribution >= 0.6 is 12.2 Å². The van der Waals surface area contributed by atoms with Gasteiger partial charge in [0.25, 0.3) is 11.5 Å². The maximum atomic E-state index is 13.1. The molecule has 0 aliphatic heterocycles. The van der Waals surface area contributed by atoms with Gasteiger partial charge in [-0.3, -0.25) is 14.2 Å². The van der Waals surface area contributed by atoms with Crippen LogP contribution in [-0.2, 0) is 6.54 Å². The predicted octanol–water partition coefficient (Wildman–Crippen LogP) is 4.77. The van der Waals surface area contributed by atoms with E-state index in [0.29, 0.717) is 35.3 Å². The Balaban J connectivity index is 1.58. The second-order valence-electron chi connectivity index (χ2n) is 7.34. The second-order valence-corrected chi connectivity index (χ2v) is 7.73. The molecule has 0 aliphatic carbocycles. The molecule has 0 atom stereocenters. The molecule has 0 aliphatic rings. The molecule has 0 fully saturated rings. The Morgan fingerprint density at radius 3 is 2.39 bits per heavy atom. The summed E-state index contributed by atoms with van der Waals surface area (Å²) in [6.45, 7) is 2.81. The number of amides is 1. The van der Waals surface area contributed by atoms with Crippen LogP contribution in [0.1, 0.15) is 22.8 Å². The number of nitrogens with one attached hydrogen (secondary N) is 2. The van der Waals surface area contributed by atoms with E-state index in [1.807, 2.05) is 31.2 Å². The first-order chi connectivity index (χ1) is 16.0. The molecule has 0 saturated heterocycles. The zero-order valence-corrected chi connectivity index (χ0v) is 19.1. The summed E-state index contributed by atoms with van der Waals surface area (Å²) in [6, 6.07) is 19.5. The second kappa shape index (κ2) is 9.70. The van der Waals surface area contributed by atoms with E-state index in [-0.39, 0.29) is 16.2 Å². The Kier molecular flexibility index (Phi) is 6.55. The van der Waals surface area contributed by atoms with Crippen LogP contribution in [0.4, 0.5) is 5.69 Å². The van der Waals surface area contributed by atoms with E-state index in [2.05, 4.69) is 10.3 Å². The van der Waals surface area contributed by atoms with Crippen LogP contribution in [0.15, 0.2) is 71.5 Å². The molecule has 8 heteroatoms. The van der Waals surface area contributed by atoms with Crippen molar-refractivity contribution in [1.82, 2.24) is 9.55 Å². The lowest BCUT2D eigenvalue weighted by Crippen LogP contribution is -2.23. The van der Waals surface area contributed by atoms with Crippen molar-refractivity contribution in [3.05, 3.63) is 93.0 Å². The fourth-order valence-corrected chi connectivity index (χ4v) is 3.71. The molecule has 3 aromatic carbocycles. The first kappa shape index (κ1) is 22.3. The van der Waals surface area contributed by atoms with Crippen LogP contribution in [-0.4, -0.2) is 29.2 Å².